The Kier molecular flexibility index (Phi) is 3.71. The highest BCUT2D eigenvalue weighted by atomic mass is 16.5. The summed E-state index contributed by atoms with van der Waals surface area (Å²) in [5.74, 6) is 2.71. The van der Waals surface area contributed by atoms with Crippen LogP contribution in [0.15, 0.2) is 9.05 Å². The molecule has 2 aromatic heterocycles. The van der Waals surface area contributed by atoms with Gasteiger partial charge in [-0.2, -0.15) is 9.97 Å². The molecule has 0 aliphatic rings. The third kappa shape index (κ3) is 2.92. The van der Waals surface area contributed by atoms with Crippen LogP contribution in [0.4, 0.5) is 0 Å². The Hall–Kier alpha value is -1.76. The van der Waals surface area contributed by atoms with E-state index in [1.807, 2.05) is 0 Å². The molecule has 0 saturated heterocycles. The van der Waals surface area contributed by atoms with Crippen molar-refractivity contribution in [3.05, 3.63) is 23.4 Å². The number of aromatic nitrogens is 4. The van der Waals surface area contributed by atoms with Crippen LogP contribution in [-0.2, 0) is 6.54 Å². The first-order chi connectivity index (χ1) is 8.56. The van der Waals surface area contributed by atoms with Crippen molar-refractivity contribution in [2.24, 2.45) is 5.92 Å². The minimum atomic E-state index is -0.0231. The molecule has 0 bridgehead atoms. The van der Waals surface area contributed by atoms with Gasteiger partial charge in [0.15, 0.2) is 11.6 Å². The fourth-order valence-corrected chi connectivity index (χ4v) is 1.66. The van der Waals surface area contributed by atoms with E-state index in [1.165, 1.54) is 0 Å². The molecule has 18 heavy (non-hydrogen) atoms. The molecular weight excluding hydrogens is 234 g/mol. The molecule has 98 valence electrons. The highest BCUT2D eigenvalue weighted by Crippen LogP contribution is 2.20. The van der Waals surface area contributed by atoms with E-state index in [4.69, 9.17) is 9.05 Å². The second-order valence-electron chi connectivity index (χ2n) is 4.51. The molecule has 0 aromatic carbocycles. The van der Waals surface area contributed by atoms with E-state index in [1.54, 1.807) is 13.8 Å². The highest BCUT2D eigenvalue weighted by Gasteiger charge is 2.22. The van der Waals surface area contributed by atoms with Gasteiger partial charge >= 0.3 is 0 Å². The molecule has 7 heteroatoms. The van der Waals surface area contributed by atoms with Gasteiger partial charge in [0.1, 0.15) is 0 Å². The van der Waals surface area contributed by atoms with E-state index in [0.717, 1.165) is 0 Å². The molecule has 0 radical (unpaired) electrons. The summed E-state index contributed by atoms with van der Waals surface area (Å²) in [6.45, 7) is 8.23. The zero-order valence-corrected chi connectivity index (χ0v) is 11.0. The fraction of sp³-hybridized carbons (Fsp3) is 0.636. The lowest BCUT2D eigenvalue weighted by atomic mass is 10.0. The standard InChI is InChI=1S/C11H17N5O2/c1-6(2)10(11-13-7(3)15-18-11)12-5-9-14-8(4)17-16-9/h6,10,12H,5H2,1-4H3. The molecular formula is C11H17N5O2. The van der Waals surface area contributed by atoms with Gasteiger partial charge in [0, 0.05) is 6.92 Å². The largest absolute Gasteiger partial charge is 0.340 e. The monoisotopic (exact) mass is 251 g/mol. The van der Waals surface area contributed by atoms with E-state index in [-0.39, 0.29) is 6.04 Å². The first-order valence-electron chi connectivity index (χ1n) is 5.89. The molecule has 0 spiro atoms. The Morgan fingerprint density at radius 2 is 1.89 bits per heavy atom. The molecule has 0 fully saturated rings. The lowest BCUT2D eigenvalue weighted by molar-refractivity contribution is 0.284. The van der Waals surface area contributed by atoms with E-state index < -0.39 is 0 Å². The second kappa shape index (κ2) is 5.26. The summed E-state index contributed by atoms with van der Waals surface area (Å²) >= 11 is 0. The second-order valence-corrected chi connectivity index (χ2v) is 4.51. The first-order valence-corrected chi connectivity index (χ1v) is 5.89. The van der Waals surface area contributed by atoms with Crippen molar-refractivity contribution >= 4 is 0 Å². The van der Waals surface area contributed by atoms with Crippen LogP contribution >= 0.6 is 0 Å². The van der Waals surface area contributed by atoms with Crippen LogP contribution in [0.2, 0.25) is 0 Å². The predicted octanol–water partition coefficient (Wildman–Crippen LogP) is 1.56. The smallest absolute Gasteiger partial charge is 0.244 e. The van der Waals surface area contributed by atoms with Gasteiger partial charge in [0.05, 0.1) is 12.6 Å². The minimum absolute atomic E-state index is 0.0231. The molecule has 1 atom stereocenters. The summed E-state index contributed by atoms with van der Waals surface area (Å²) in [6.07, 6.45) is 0. The highest BCUT2D eigenvalue weighted by molar-refractivity contribution is 4.94. The zero-order chi connectivity index (χ0) is 13.1. The third-order valence-corrected chi connectivity index (χ3v) is 2.53. The van der Waals surface area contributed by atoms with E-state index >= 15 is 0 Å². The van der Waals surface area contributed by atoms with Crippen LogP contribution in [-0.4, -0.2) is 20.3 Å². The van der Waals surface area contributed by atoms with Crippen molar-refractivity contribution in [3.8, 4) is 0 Å². The van der Waals surface area contributed by atoms with Gasteiger partial charge in [-0.15, -0.1) is 0 Å². The average molecular weight is 251 g/mol. The maximum Gasteiger partial charge on any atom is 0.244 e. The number of rotatable bonds is 5. The summed E-state index contributed by atoms with van der Waals surface area (Å²) in [5.41, 5.74) is 0. The Bertz CT molecular complexity index is 505. The van der Waals surface area contributed by atoms with Gasteiger partial charge in [0.25, 0.3) is 0 Å². The topological polar surface area (TPSA) is 89.9 Å². The van der Waals surface area contributed by atoms with Gasteiger partial charge in [-0.1, -0.05) is 24.2 Å². The van der Waals surface area contributed by atoms with Gasteiger partial charge < -0.3 is 9.05 Å². The van der Waals surface area contributed by atoms with Gasteiger partial charge in [-0.3, -0.25) is 5.32 Å². The number of nitrogens with one attached hydrogen (secondary N) is 1. The molecule has 7 nitrogen and oxygen atoms in total. The summed E-state index contributed by atoms with van der Waals surface area (Å²) in [5, 5.41) is 10.9. The van der Waals surface area contributed by atoms with Crippen LogP contribution < -0.4 is 5.32 Å². The number of hydrogen-bond donors (Lipinski definition) is 1. The number of aryl methyl sites for hydroxylation is 2. The van der Waals surface area contributed by atoms with E-state index in [9.17, 15) is 0 Å². The summed E-state index contributed by atoms with van der Waals surface area (Å²) in [6, 6.07) is -0.0231. The maximum absolute atomic E-state index is 5.19. The molecule has 1 N–H and O–H groups in total. The lowest BCUT2D eigenvalue weighted by Gasteiger charge is -2.17. The van der Waals surface area contributed by atoms with Crippen molar-refractivity contribution in [1.29, 1.82) is 0 Å². The number of nitrogens with zero attached hydrogens (tertiary/aromatic N) is 4. The van der Waals surface area contributed by atoms with Crippen LogP contribution in [0.3, 0.4) is 0 Å². The van der Waals surface area contributed by atoms with Crippen LogP contribution in [0, 0.1) is 19.8 Å². The molecule has 2 aromatic rings. The summed E-state index contributed by atoms with van der Waals surface area (Å²) in [7, 11) is 0. The van der Waals surface area contributed by atoms with Gasteiger partial charge in [-0.25, -0.2) is 0 Å². The molecule has 0 saturated carbocycles. The lowest BCUT2D eigenvalue weighted by Crippen LogP contribution is -2.26. The van der Waals surface area contributed by atoms with E-state index in [2.05, 4.69) is 39.4 Å². The van der Waals surface area contributed by atoms with Crippen molar-refractivity contribution < 1.29 is 9.05 Å². The average Bonchev–Trinajstić information content (AvgIpc) is 2.88. The summed E-state index contributed by atoms with van der Waals surface area (Å²) < 4.78 is 10.1. The summed E-state index contributed by atoms with van der Waals surface area (Å²) in [4.78, 5) is 8.38. The third-order valence-electron chi connectivity index (χ3n) is 2.53. The van der Waals surface area contributed by atoms with Crippen LogP contribution in [0.5, 0.6) is 0 Å². The first kappa shape index (κ1) is 12.7. The van der Waals surface area contributed by atoms with Crippen molar-refractivity contribution in [3.63, 3.8) is 0 Å². The molecule has 0 amide bonds. The van der Waals surface area contributed by atoms with Gasteiger partial charge in [0.2, 0.25) is 11.8 Å². The van der Waals surface area contributed by atoms with Crippen molar-refractivity contribution in [1.82, 2.24) is 25.6 Å². The molecule has 1 unspecified atom stereocenters. The van der Waals surface area contributed by atoms with Gasteiger partial charge in [-0.05, 0) is 12.8 Å². The molecule has 0 aliphatic carbocycles. The Morgan fingerprint density at radius 3 is 2.39 bits per heavy atom. The van der Waals surface area contributed by atoms with E-state index in [0.29, 0.717) is 35.9 Å². The predicted molar refractivity (Wildman–Crippen MR) is 62.5 cm³/mol. The number of hydrogen-bond acceptors (Lipinski definition) is 7. The van der Waals surface area contributed by atoms with Crippen LogP contribution in [0.25, 0.3) is 0 Å². The SMILES string of the molecule is Cc1noc(C(NCc2noc(C)n2)C(C)C)n1. The Morgan fingerprint density at radius 1 is 1.11 bits per heavy atom. The molecule has 0 aliphatic heterocycles. The minimum Gasteiger partial charge on any atom is -0.340 e. The van der Waals surface area contributed by atoms with Crippen molar-refractivity contribution in [2.45, 2.75) is 40.3 Å². The molecule has 2 heterocycles. The fourth-order valence-electron chi connectivity index (χ4n) is 1.66. The zero-order valence-electron chi connectivity index (χ0n) is 11.0. The van der Waals surface area contributed by atoms with Crippen LogP contribution in [0.1, 0.15) is 43.3 Å². The quantitative estimate of drug-likeness (QED) is 0.862. The normalized spacial score (nSPS) is 13.2. The maximum atomic E-state index is 5.19. The Labute approximate surface area is 105 Å². The van der Waals surface area contributed by atoms with Crippen molar-refractivity contribution in [2.75, 3.05) is 0 Å². The Balaban J connectivity index is 2.03. The molecule has 2 rings (SSSR count).